The monoisotopic (exact) mass is 279 g/mol. The van der Waals surface area contributed by atoms with E-state index < -0.39 is 0 Å². The Labute approximate surface area is 120 Å². The summed E-state index contributed by atoms with van der Waals surface area (Å²) in [7, 11) is 0. The third-order valence-corrected chi connectivity index (χ3v) is 3.91. The minimum Gasteiger partial charge on any atom is -0.492 e. The van der Waals surface area contributed by atoms with E-state index in [2.05, 4.69) is 24.1 Å². The largest absolute Gasteiger partial charge is 0.492 e. The zero-order chi connectivity index (χ0) is 13.5. The predicted octanol–water partition coefficient (Wildman–Crippen LogP) is 4.90. The standard InChI is InChI=1S/C16H22ClNO/c1-2-11-19-15-7-8-16(18-12-15)14-5-3-13(4-6-14)9-10-17/h7-10,12-14H,2-6,11H2,1H3. The van der Waals surface area contributed by atoms with Crippen molar-refractivity contribution in [3.05, 3.63) is 35.6 Å². The molecule has 1 saturated carbocycles. The maximum atomic E-state index is 5.64. The Hall–Kier alpha value is -1.02. The molecule has 0 bridgehead atoms. The van der Waals surface area contributed by atoms with Crippen molar-refractivity contribution in [1.29, 1.82) is 0 Å². The third kappa shape index (κ3) is 4.24. The number of allylic oxidation sites excluding steroid dienone is 1. The number of aromatic nitrogens is 1. The molecule has 1 heterocycles. The fourth-order valence-electron chi connectivity index (χ4n) is 2.65. The summed E-state index contributed by atoms with van der Waals surface area (Å²) in [6.07, 6.45) is 9.83. The van der Waals surface area contributed by atoms with Crippen LogP contribution in [-0.4, -0.2) is 11.6 Å². The van der Waals surface area contributed by atoms with Gasteiger partial charge in [-0.2, -0.15) is 0 Å². The molecule has 2 rings (SSSR count). The molecule has 0 aromatic carbocycles. The van der Waals surface area contributed by atoms with Gasteiger partial charge in [0.15, 0.2) is 0 Å². The molecule has 0 unspecified atom stereocenters. The van der Waals surface area contributed by atoms with Crippen LogP contribution in [0.25, 0.3) is 0 Å². The van der Waals surface area contributed by atoms with E-state index in [4.69, 9.17) is 16.3 Å². The second-order valence-corrected chi connectivity index (χ2v) is 5.45. The first-order valence-corrected chi connectivity index (χ1v) is 7.62. The van der Waals surface area contributed by atoms with Gasteiger partial charge in [-0.1, -0.05) is 24.6 Å². The van der Waals surface area contributed by atoms with Crippen molar-refractivity contribution < 1.29 is 4.74 Å². The number of hydrogen-bond donors (Lipinski definition) is 0. The molecule has 0 spiro atoms. The number of rotatable bonds is 5. The summed E-state index contributed by atoms with van der Waals surface area (Å²) in [5.74, 6) is 2.13. The minimum absolute atomic E-state index is 0.597. The fraction of sp³-hybridized carbons (Fsp3) is 0.562. The third-order valence-electron chi connectivity index (χ3n) is 3.77. The van der Waals surface area contributed by atoms with E-state index in [9.17, 15) is 0 Å². The lowest BCUT2D eigenvalue weighted by atomic mass is 9.80. The first kappa shape index (κ1) is 14.4. The lowest BCUT2D eigenvalue weighted by Crippen LogP contribution is -2.12. The molecule has 1 fully saturated rings. The molecule has 1 aromatic heterocycles. The zero-order valence-electron chi connectivity index (χ0n) is 11.5. The number of halogens is 1. The SMILES string of the molecule is CCCOc1ccc(C2CCC(C=CCl)CC2)nc1. The van der Waals surface area contributed by atoms with Crippen molar-refractivity contribution in [1.82, 2.24) is 4.98 Å². The van der Waals surface area contributed by atoms with E-state index in [1.165, 1.54) is 31.4 Å². The van der Waals surface area contributed by atoms with Gasteiger partial charge in [0.1, 0.15) is 5.75 Å². The number of pyridine rings is 1. The summed E-state index contributed by atoms with van der Waals surface area (Å²) in [6, 6.07) is 4.16. The van der Waals surface area contributed by atoms with E-state index >= 15 is 0 Å². The highest BCUT2D eigenvalue weighted by atomic mass is 35.5. The van der Waals surface area contributed by atoms with Gasteiger partial charge in [-0.15, -0.1) is 0 Å². The van der Waals surface area contributed by atoms with Crippen LogP contribution in [0, 0.1) is 5.92 Å². The van der Waals surface area contributed by atoms with Gasteiger partial charge >= 0.3 is 0 Å². The lowest BCUT2D eigenvalue weighted by Gasteiger charge is -2.26. The Kier molecular flexibility index (Phi) is 5.71. The van der Waals surface area contributed by atoms with E-state index in [-0.39, 0.29) is 0 Å². The molecule has 2 nitrogen and oxygen atoms in total. The second-order valence-electron chi connectivity index (χ2n) is 5.20. The average Bonchev–Trinajstić information content (AvgIpc) is 2.47. The van der Waals surface area contributed by atoms with Crippen LogP contribution in [0.4, 0.5) is 0 Å². The van der Waals surface area contributed by atoms with Gasteiger partial charge in [0.25, 0.3) is 0 Å². The van der Waals surface area contributed by atoms with Crippen molar-refractivity contribution in [3.8, 4) is 5.75 Å². The summed E-state index contributed by atoms with van der Waals surface area (Å²) in [5, 5.41) is 0. The van der Waals surface area contributed by atoms with E-state index in [0.29, 0.717) is 11.8 Å². The molecular formula is C16H22ClNO. The summed E-state index contributed by atoms with van der Waals surface area (Å²) < 4.78 is 5.56. The van der Waals surface area contributed by atoms with Crippen LogP contribution in [0.2, 0.25) is 0 Å². The van der Waals surface area contributed by atoms with Crippen LogP contribution in [0.1, 0.15) is 50.6 Å². The highest BCUT2D eigenvalue weighted by Crippen LogP contribution is 2.35. The Bertz CT molecular complexity index is 394. The Morgan fingerprint density at radius 1 is 1.32 bits per heavy atom. The van der Waals surface area contributed by atoms with Gasteiger partial charge in [0.2, 0.25) is 0 Å². The van der Waals surface area contributed by atoms with Crippen LogP contribution < -0.4 is 4.74 Å². The molecule has 0 N–H and O–H groups in total. The summed E-state index contributed by atoms with van der Waals surface area (Å²) in [5.41, 5.74) is 2.86. The highest BCUT2D eigenvalue weighted by Gasteiger charge is 2.21. The molecule has 0 aliphatic heterocycles. The Morgan fingerprint density at radius 3 is 2.68 bits per heavy atom. The first-order chi connectivity index (χ1) is 9.33. The van der Waals surface area contributed by atoms with Gasteiger partial charge < -0.3 is 4.74 Å². The number of nitrogens with zero attached hydrogens (tertiary/aromatic N) is 1. The van der Waals surface area contributed by atoms with Crippen LogP contribution >= 0.6 is 11.6 Å². The topological polar surface area (TPSA) is 22.1 Å². The zero-order valence-corrected chi connectivity index (χ0v) is 12.3. The molecule has 0 amide bonds. The quantitative estimate of drug-likeness (QED) is 0.765. The van der Waals surface area contributed by atoms with Gasteiger partial charge in [-0.05, 0) is 50.2 Å². The van der Waals surface area contributed by atoms with Crippen molar-refractivity contribution in [2.24, 2.45) is 5.92 Å². The molecular weight excluding hydrogens is 258 g/mol. The van der Waals surface area contributed by atoms with Gasteiger partial charge in [0, 0.05) is 17.1 Å². The molecule has 104 valence electrons. The predicted molar refractivity (Wildman–Crippen MR) is 79.7 cm³/mol. The first-order valence-electron chi connectivity index (χ1n) is 7.19. The second kappa shape index (κ2) is 7.54. The van der Waals surface area contributed by atoms with E-state index in [1.54, 1.807) is 5.54 Å². The lowest BCUT2D eigenvalue weighted by molar-refractivity contribution is 0.315. The normalized spacial score (nSPS) is 23.7. The van der Waals surface area contributed by atoms with Crippen LogP contribution in [0.5, 0.6) is 5.75 Å². The fourth-order valence-corrected chi connectivity index (χ4v) is 2.85. The maximum absolute atomic E-state index is 5.64. The van der Waals surface area contributed by atoms with Gasteiger partial charge in [0.05, 0.1) is 12.8 Å². The molecule has 0 atom stereocenters. The van der Waals surface area contributed by atoms with Crippen LogP contribution in [0.3, 0.4) is 0 Å². The molecule has 1 aliphatic rings. The minimum atomic E-state index is 0.597. The molecule has 0 saturated heterocycles. The number of hydrogen-bond acceptors (Lipinski definition) is 2. The Balaban J connectivity index is 1.89. The summed E-state index contributed by atoms with van der Waals surface area (Å²) in [6.45, 7) is 2.87. The highest BCUT2D eigenvalue weighted by molar-refractivity contribution is 6.25. The molecule has 1 aromatic rings. The smallest absolute Gasteiger partial charge is 0.137 e. The van der Waals surface area contributed by atoms with Crippen molar-refractivity contribution in [3.63, 3.8) is 0 Å². The maximum Gasteiger partial charge on any atom is 0.137 e. The van der Waals surface area contributed by atoms with Gasteiger partial charge in [-0.25, -0.2) is 0 Å². The van der Waals surface area contributed by atoms with Crippen LogP contribution in [0.15, 0.2) is 29.9 Å². The molecule has 3 heteroatoms. The molecule has 19 heavy (non-hydrogen) atoms. The molecule has 0 radical (unpaired) electrons. The van der Waals surface area contributed by atoms with Crippen molar-refractivity contribution in [2.75, 3.05) is 6.61 Å². The Morgan fingerprint density at radius 2 is 2.11 bits per heavy atom. The van der Waals surface area contributed by atoms with Gasteiger partial charge in [-0.3, -0.25) is 4.98 Å². The molecule has 1 aliphatic carbocycles. The average molecular weight is 280 g/mol. The summed E-state index contributed by atoms with van der Waals surface area (Å²) >= 11 is 5.64. The van der Waals surface area contributed by atoms with Crippen LogP contribution in [-0.2, 0) is 0 Å². The van der Waals surface area contributed by atoms with E-state index in [0.717, 1.165) is 18.8 Å². The van der Waals surface area contributed by atoms with E-state index in [1.807, 2.05) is 12.3 Å². The number of ether oxygens (including phenoxy) is 1. The summed E-state index contributed by atoms with van der Waals surface area (Å²) in [4.78, 5) is 4.56. The van der Waals surface area contributed by atoms with Crippen molar-refractivity contribution in [2.45, 2.75) is 44.9 Å². The van der Waals surface area contributed by atoms with Crippen molar-refractivity contribution >= 4 is 11.6 Å².